The summed E-state index contributed by atoms with van der Waals surface area (Å²) in [5, 5.41) is 9.98. The Bertz CT molecular complexity index is 419. The van der Waals surface area contributed by atoms with Crippen molar-refractivity contribution in [1.29, 1.82) is 0 Å². The number of ether oxygens (including phenoxy) is 1. The van der Waals surface area contributed by atoms with E-state index in [1.54, 1.807) is 20.1 Å². The summed E-state index contributed by atoms with van der Waals surface area (Å²) < 4.78 is 10.2. The highest BCUT2D eigenvalue weighted by molar-refractivity contribution is 5.92. The van der Waals surface area contributed by atoms with Crippen LogP contribution < -0.4 is 10.6 Å². The summed E-state index contributed by atoms with van der Waals surface area (Å²) in [4.78, 5) is 12.0. The smallest absolute Gasteiger partial charge is 0.273 e. The van der Waals surface area contributed by atoms with Gasteiger partial charge in [-0.2, -0.15) is 0 Å². The van der Waals surface area contributed by atoms with Crippen molar-refractivity contribution in [1.82, 2.24) is 15.8 Å². The number of hydrogen-bond acceptors (Lipinski definition) is 5. The predicted molar refractivity (Wildman–Crippen MR) is 70.0 cm³/mol. The van der Waals surface area contributed by atoms with Gasteiger partial charge in [0.05, 0.1) is 6.61 Å². The Kier molecular flexibility index (Phi) is 4.55. The summed E-state index contributed by atoms with van der Waals surface area (Å²) in [6.07, 6.45) is 2.00. The zero-order chi connectivity index (χ0) is 13.7. The fraction of sp³-hybridized carbons (Fsp3) is 0.692. The SMILES string of the molecule is COCC1(CNC(=O)c2cc(C)on2)CCNCC1. The normalized spacial score (nSPS) is 18.2. The van der Waals surface area contributed by atoms with Crippen molar-refractivity contribution in [2.75, 3.05) is 33.4 Å². The number of hydrogen-bond donors (Lipinski definition) is 2. The van der Waals surface area contributed by atoms with Gasteiger partial charge in [0.2, 0.25) is 0 Å². The molecule has 0 bridgehead atoms. The molecule has 6 nitrogen and oxygen atoms in total. The van der Waals surface area contributed by atoms with Crippen molar-refractivity contribution < 1.29 is 14.1 Å². The number of methoxy groups -OCH3 is 1. The second-order valence-electron chi connectivity index (χ2n) is 5.19. The molecule has 106 valence electrons. The number of nitrogens with one attached hydrogen (secondary N) is 2. The molecule has 0 aromatic carbocycles. The summed E-state index contributed by atoms with van der Waals surface area (Å²) >= 11 is 0. The zero-order valence-corrected chi connectivity index (χ0v) is 11.5. The van der Waals surface area contributed by atoms with Crippen LogP contribution in [0.25, 0.3) is 0 Å². The first kappa shape index (κ1) is 14.0. The molecule has 1 fully saturated rings. The van der Waals surface area contributed by atoms with Gasteiger partial charge in [0, 0.05) is 25.1 Å². The van der Waals surface area contributed by atoms with Crippen molar-refractivity contribution in [2.24, 2.45) is 5.41 Å². The molecule has 1 saturated heterocycles. The average molecular weight is 267 g/mol. The number of rotatable bonds is 5. The highest BCUT2D eigenvalue weighted by Crippen LogP contribution is 2.28. The van der Waals surface area contributed by atoms with Gasteiger partial charge in [-0.25, -0.2) is 0 Å². The molecule has 1 amide bonds. The third-order valence-corrected chi connectivity index (χ3v) is 3.60. The standard InChI is InChI=1S/C13H21N3O3/c1-10-7-11(16-19-10)12(17)15-8-13(9-18-2)3-5-14-6-4-13/h7,14H,3-6,8-9H2,1-2H3,(H,15,17). The molecule has 1 aromatic heterocycles. The number of aryl methyl sites for hydroxylation is 1. The number of aromatic nitrogens is 1. The van der Waals surface area contributed by atoms with Crippen molar-refractivity contribution in [2.45, 2.75) is 19.8 Å². The molecule has 2 heterocycles. The molecule has 0 aliphatic carbocycles. The maximum atomic E-state index is 12.0. The predicted octanol–water partition coefficient (Wildman–Crippen LogP) is 0.729. The third kappa shape index (κ3) is 3.54. The molecule has 1 aliphatic rings. The summed E-state index contributed by atoms with van der Waals surface area (Å²) in [6, 6.07) is 1.64. The second kappa shape index (κ2) is 6.16. The number of carbonyl (C=O) groups excluding carboxylic acids is 1. The minimum atomic E-state index is -0.189. The Balaban J connectivity index is 1.93. The molecule has 0 saturated carbocycles. The van der Waals surface area contributed by atoms with E-state index < -0.39 is 0 Å². The van der Waals surface area contributed by atoms with Gasteiger partial charge in [-0.3, -0.25) is 4.79 Å². The van der Waals surface area contributed by atoms with Crippen LogP contribution in [0.5, 0.6) is 0 Å². The van der Waals surface area contributed by atoms with Crippen molar-refractivity contribution in [3.8, 4) is 0 Å². The van der Waals surface area contributed by atoms with E-state index in [4.69, 9.17) is 9.26 Å². The molecule has 0 radical (unpaired) electrons. The molecule has 0 spiro atoms. The second-order valence-corrected chi connectivity index (χ2v) is 5.19. The van der Waals surface area contributed by atoms with Crippen LogP contribution in [0.3, 0.4) is 0 Å². The topological polar surface area (TPSA) is 76.4 Å². The Labute approximate surface area is 112 Å². The van der Waals surface area contributed by atoms with Gasteiger partial charge in [-0.1, -0.05) is 5.16 Å². The third-order valence-electron chi connectivity index (χ3n) is 3.60. The monoisotopic (exact) mass is 267 g/mol. The van der Waals surface area contributed by atoms with Crippen molar-refractivity contribution >= 4 is 5.91 Å². The van der Waals surface area contributed by atoms with Crippen LogP contribution in [-0.4, -0.2) is 44.4 Å². The molecule has 6 heteroatoms. The molecule has 1 aliphatic heterocycles. The van der Waals surface area contributed by atoms with Crippen molar-refractivity contribution in [3.63, 3.8) is 0 Å². The minimum absolute atomic E-state index is 0.0223. The minimum Gasteiger partial charge on any atom is -0.384 e. The largest absolute Gasteiger partial charge is 0.384 e. The highest BCUT2D eigenvalue weighted by atomic mass is 16.5. The Hall–Kier alpha value is -1.40. The van der Waals surface area contributed by atoms with Crippen LogP contribution in [0.1, 0.15) is 29.1 Å². The van der Waals surface area contributed by atoms with Crippen LogP contribution in [0, 0.1) is 12.3 Å². The van der Waals surface area contributed by atoms with E-state index in [1.807, 2.05) is 0 Å². The van der Waals surface area contributed by atoms with E-state index in [1.165, 1.54) is 0 Å². The van der Waals surface area contributed by atoms with Gasteiger partial charge in [0.1, 0.15) is 5.76 Å². The lowest BCUT2D eigenvalue weighted by molar-refractivity contribution is 0.0510. The summed E-state index contributed by atoms with van der Waals surface area (Å²) in [5.41, 5.74) is 0.355. The lowest BCUT2D eigenvalue weighted by atomic mass is 9.79. The van der Waals surface area contributed by atoms with Gasteiger partial charge in [-0.15, -0.1) is 0 Å². The lowest BCUT2D eigenvalue weighted by Crippen LogP contribution is -2.47. The van der Waals surface area contributed by atoms with Crippen molar-refractivity contribution in [3.05, 3.63) is 17.5 Å². The number of nitrogens with zero attached hydrogens (tertiary/aromatic N) is 1. The Morgan fingerprint density at radius 3 is 2.89 bits per heavy atom. The van der Waals surface area contributed by atoms with E-state index in [9.17, 15) is 4.79 Å². The first-order valence-electron chi connectivity index (χ1n) is 6.56. The van der Waals surface area contributed by atoms with Crippen LogP contribution in [0.2, 0.25) is 0 Å². The lowest BCUT2D eigenvalue weighted by Gasteiger charge is -2.37. The maximum Gasteiger partial charge on any atom is 0.273 e. The Morgan fingerprint density at radius 1 is 1.58 bits per heavy atom. The molecular weight excluding hydrogens is 246 g/mol. The van der Waals surface area contributed by atoms with Gasteiger partial charge in [-0.05, 0) is 32.9 Å². The van der Waals surface area contributed by atoms with E-state index >= 15 is 0 Å². The highest BCUT2D eigenvalue weighted by Gasteiger charge is 2.32. The van der Waals surface area contributed by atoms with Gasteiger partial charge < -0.3 is 19.9 Å². The maximum absolute atomic E-state index is 12.0. The molecule has 0 atom stereocenters. The van der Waals surface area contributed by atoms with Crippen LogP contribution in [0.15, 0.2) is 10.6 Å². The summed E-state index contributed by atoms with van der Waals surface area (Å²) in [5.74, 6) is 0.449. The van der Waals surface area contributed by atoms with E-state index in [0.717, 1.165) is 25.9 Å². The average Bonchev–Trinajstić information content (AvgIpc) is 2.84. The molecular formula is C13H21N3O3. The van der Waals surface area contributed by atoms with Gasteiger partial charge in [0.15, 0.2) is 5.69 Å². The van der Waals surface area contributed by atoms with Crippen LogP contribution in [0.4, 0.5) is 0 Å². The van der Waals surface area contributed by atoms with E-state index in [-0.39, 0.29) is 11.3 Å². The number of amides is 1. The van der Waals surface area contributed by atoms with Crippen LogP contribution in [-0.2, 0) is 4.74 Å². The Morgan fingerprint density at radius 2 is 2.32 bits per heavy atom. The van der Waals surface area contributed by atoms with E-state index in [2.05, 4.69) is 15.8 Å². The van der Waals surface area contributed by atoms with Crippen LogP contribution >= 0.6 is 0 Å². The van der Waals surface area contributed by atoms with Gasteiger partial charge in [0.25, 0.3) is 5.91 Å². The molecule has 0 unspecified atom stereocenters. The molecule has 1 aromatic rings. The zero-order valence-electron chi connectivity index (χ0n) is 11.5. The number of carbonyl (C=O) groups is 1. The quantitative estimate of drug-likeness (QED) is 0.822. The fourth-order valence-corrected chi connectivity index (χ4v) is 2.47. The van der Waals surface area contributed by atoms with Gasteiger partial charge >= 0.3 is 0 Å². The number of piperidine rings is 1. The molecule has 2 N–H and O–H groups in total. The first-order chi connectivity index (χ1) is 9.15. The summed E-state index contributed by atoms with van der Waals surface area (Å²) in [7, 11) is 1.70. The molecule has 19 heavy (non-hydrogen) atoms. The fourth-order valence-electron chi connectivity index (χ4n) is 2.47. The van der Waals surface area contributed by atoms with E-state index in [0.29, 0.717) is 24.6 Å². The molecule has 2 rings (SSSR count). The summed E-state index contributed by atoms with van der Waals surface area (Å²) in [6.45, 7) is 4.95. The first-order valence-corrected chi connectivity index (χ1v) is 6.56.